The summed E-state index contributed by atoms with van der Waals surface area (Å²) in [7, 11) is -3.89. The van der Waals surface area contributed by atoms with Gasteiger partial charge >= 0.3 is 6.09 Å². The van der Waals surface area contributed by atoms with Gasteiger partial charge in [0.05, 0.1) is 12.9 Å². The molecule has 1 aromatic carbocycles. The largest absolute Gasteiger partial charge is 0.442 e. The number of halogens is 2. The number of hydrogen-bond acceptors (Lipinski definition) is 6. The van der Waals surface area contributed by atoms with Crippen LogP contribution in [0.2, 0.25) is 0 Å². The number of nitrogens with one attached hydrogen (secondary N) is 1. The van der Waals surface area contributed by atoms with E-state index in [1.54, 1.807) is 20.8 Å². The highest BCUT2D eigenvalue weighted by molar-refractivity contribution is 7.86. The van der Waals surface area contributed by atoms with Crippen molar-refractivity contribution in [3.63, 3.8) is 0 Å². The predicted molar refractivity (Wildman–Crippen MR) is 85.0 cm³/mol. The van der Waals surface area contributed by atoms with Crippen LogP contribution in [0.15, 0.2) is 18.2 Å². The van der Waals surface area contributed by atoms with Crippen LogP contribution in [0.5, 0.6) is 0 Å². The van der Waals surface area contributed by atoms with E-state index in [9.17, 15) is 22.0 Å². The summed E-state index contributed by atoms with van der Waals surface area (Å²) in [5, 5.41) is 0. The topological polar surface area (TPSA) is 90.9 Å². The van der Waals surface area contributed by atoms with Crippen LogP contribution >= 0.6 is 0 Å². The van der Waals surface area contributed by atoms with Crippen molar-refractivity contribution in [2.45, 2.75) is 38.9 Å². The Morgan fingerprint density at radius 1 is 1.20 bits per heavy atom. The zero-order valence-corrected chi connectivity index (χ0v) is 15.2. The third-order valence-corrected chi connectivity index (χ3v) is 3.17. The second-order valence-electron chi connectivity index (χ2n) is 6.23. The molecule has 25 heavy (non-hydrogen) atoms. The Morgan fingerprint density at radius 3 is 2.24 bits per heavy atom. The number of carbonyl (C=O) groups is 1. The van der Waals surface area contributed by atoms with Gasteiger partial charge in [-0.3, -0.25) is 9.02 Å². The highest BCUT2D eigenvalue weighted by Gasteiger charge is 2.20. The van der Waals surface area contributed by atoms with Crippen molar-refractivity contribution < 1.29 is 35.8 Å². The molecule has 7 nitrogen and oxygen atoms in total. The van der Waals surface area contributed by atoms with Crippen molar-refractivity contribution >= 4 is 16.2 Å². The molecular formula is C15H21F2NO6S. The van der Waals surface area contributed by atoms with Gasteiger partial charge in [0.2, 0.25) is 0 Å². The van der Waals surface area contributed by atoms with Crippen molar-refractivity contribution in [3.8, 4) is 0 Å². The molecule has 142 valence electrons. The molecule has 0 spiro atoms. The van der Waals surface area contributed by atoms with Crippen molar-refractivity contribution in [2.75, 3.05) is 12.9 Å². The normalized spacial score (nSPS) is 13.4. The highest BCUT2D eigenvalue weighted by Crippen LogP contribution is 2.25. The maximum absolute atomic E-state index is 13.3. The SMILES string of the molecule is CC(C)(C)OC(=O)NOCCC(OS(C)(=O)=O)c1cc(F)cc(F)c1. The fourth-order valence-corrected chi connectivity index (χ4v) is 2.45. The summed E-state index contributed by atoms with van der Waals surface area (Å²) in [6, 6.07) is 2.57. The molecule has 0 saturated heterocycles. The van der Waals surface area contributed by atoms with Crippen LogP contribution in [0.4, 0.5) is 13.6 Å². The van der Waals surface area contributed by atoms with Crippen molar-refractivity contribution in [1.82, 2.24) is 5.48 Å². The molecule has 0 fully saturated rings. The molecule has 1 unspecified atom stereocenters. The molecule has 1 atom stereocenters. The lowest BCUT2D eigenvalue weighted by Crippen LogP contribution is -2.33. The maximum atomic E-state index is 13.3. The summed E-state index contributed by atoms with van der Waals surface area (Å²) >= 11 is 0. The molecule has 0 radical (unpaired) electrons. The minimum atomic E-state index is -3.89. The van der Waals surface area contributed by atoms with Gasteiger partial charge in [-0.2, -0.15) is 13.9 Å². The molecule has 1 N–H and O–H groups in total. The minimum Gasteiger partial charge on any atom is -0.442 e. The van der Waals surface area contributed by atoms with Gasteiger partial charge in [0, 0.05) is 12.5 Å². The van der Waals surface area contributed by atoms with Gasteiger partial charge in [-0.25, -0.2) is 13.6 Å². The summed E-state index contributed by atoms with van der Waals surface area (Å²) in [5.41, 5.74) is 1.29. The van der Waals surface area contributed by atoms with E-state index >= 15 is 0 Å². The first-order chi connectivity index (χ1) is 11.4. The Labute approximate surface area is 145 Å². The number of rotatable bonds is 7. The van der Waals surface area contributed by atoms with E-state index in [4.69, 9.17) is 13.8 Å². The van der Waals surface area contributed by atoms with Crippen LogP contribution in [0.3, 0.4) is 0 Å². The van der Waals surface area contributed by atoms with E-state index in [0.29, 0.717) is 6.07 Å². The first-order valence-electron chi connectivity index (χ1n) is 7.31. The number of benzene rings is 1. The molecular weight excluding hydrogens is 360 g/mol. The van der Waals surface area contributed by atoms with E-state index in [2.05, 4.69) is 0 Å². The second-order valence-corrected chi connectivity index (χ2v) is 7.83. The number of ether oxygens (including phenoxy) is 1. The number of amides is 1. The molecule has 0 aliphatic rings. The van der Waals surface area contributed by atoms with Crippen molar-refractivity contribution in [3.05, 3.63) is 35.4 Å². The van der Waals surface area contributed by atoms with E-state index in [0.717, 1.165) is 18.4 Å². The molecule has 0 bridgehead atoms. The Kier molecular flexibility index (Phi) is 7.27. The van der Waals surface area contributed by atoms with Gasteiger partial charge in [-0.1, -0.05) is 0 Å². The monoisotopic (exact) mass is 381 g/mol. The fraction of sp³-hybridized carbons (Fsp3) is 0.533. The summed E-state index contributed by atoms with van der Waals surface area (Å²) in [6.07, 6.45) is -1.29. The van der Waals surface area contributed by atoms with Crippen LogP contribution in [0.25, 0.3) is 0 Å². The third-order valence-electron chi connectivity index (χ3n) is 2.58. The van der Waals surface area contributed by atoms with E-state index < -0.39 is 39.6 Å². The Hall–Kier alpha value is -1.78. The molecule has 0 aromatic heterocycles. The first-order valence-corrected chi connectivity index (χ1v) is 9.12. The zero-order chi connectivity index (χ0) is 19.3. The third kappa shape index (κ3) is 9.32. The van der Waals surface area contributed by atoms with Gasteiger partial charge in [0.1, 0.15) is 23.3 Å². The van der Waals surface area contributed by atoms with Crippen molar-refractivity contribution in [1.29, 1.82) is 0 Å². The summed E-state index contributed by atoms with van der Waals surface area (Å²) in [4.78, 5) is 16.3. The number of carbonyl (C=O) groups excluding carboxylic acids is 1. The average molecular weight is 381 g/mol. The van der Waals surface area contributed by atoms with Crippen LogP contribution in [-0.4, -0.2) is 33.0 Å². The van der Waals surface area contributed by atoms with Gasteiger partial charge in [0.15, 0.2) is 0 Å². The van der Waals surface area contributed by atoms with Crippen molar-refractivity contribution in [2.24, 2.45) is 0 Å². The molecule has 0 aliphatic carbocycles. The van der Waals surface area contributed by atoms with Crippen LogP contribution < -0.4 is 5.48 Å². The molecule has 10 heteroatoms. The Morgan fingerprint density at radius 2 is 1.76 bits per heavy atom. The first kappa shape index (κ1) is 21.3. The number of hydrogen-bond donors (Lipinski definition) is 1. The lowest BCUT2D eigenvalue weighted by Gasteiger charge is -2.20. The van der Waals surface area contributed by atoms with Crippen LogP contribution in [0.1, 0.15) is 38.9 Å². The molecule has 0 saturated carbocycles. The van der Waals surface area contributed by atoms with E-state index in [-0.39, 0.29) is 18.6 Å². The molecule has 1 rings (SSSR count). The summed E-state index contributed by atoms with van der Waals surface area (Å²) in [6.45, 7) is 4.82. The molecule has 1 aromatic rings. The maximum Gasteiger partial charge on any atom is 0.431 e. The summed E-state index contributed by atoms with van der Waals surface area (Å²) in [5.74, 6) is -1.74. The Bertz CT molecular complexity index is 682. The molecule has 0 heterocycles. The molecule has 1 amide bonds. The van der Waals surface area contributed by atoms with Crippen LogP contribution in [0, 0.1) is 11.6 Å². The standard InChI is InChI=1S/C15H21F2NO6S/c1-15(2,3)23-14(19)18-22-6-5-13(24-25(4,20)21)10-7-11(16)9-12(17)8-10/h7-9,13H,5-6H2,1-4H3,(H,18,19). The average Bonchev–Trinajstić information content (AvgIpc) is 2.37. The number of hydroxylamine groups is 1. The molecule has 0 aliphatic heterocycles. The fourth-order valence-electron chi connectivity index (χ4n) is 1.82. The lowest BCUT2D eigenvalue weighted by atomic mass is 10.1. The van der Waals surface area contributed by atoms with Gasteiger partial charge in [-0.15, -0.1) is 0 Å². The van der Waals surface area contributed by atoms with Gasteiger partial charge < -0.3 is 4.74 Å². The van der Waals surface area contributed by atoms with Gasteiger partial charge in [-0.05, 0) is 38.5 Å². The van der Waals surface area contributed by atoms with Gasteiger partial charge in [0.25, 0.3) is 10.1 Å². The minimum absolute atomic E-state index is 0.0104. The van der Waals surface area contributed by atoms with E-state index in [1.165, 1.54) is 0 Å². The quantitative estimate of drug-likeness (QED) is 0.444. The predicted octanol–water partition coefficient (Wildman–Crippen LogP) is 2.83. The second kappa shape index (κ2) is 8.54. The van der Waals surface area contributed by atoms with Crippen LogP contribution in [-0.2, 0) is 23.9 Å². The smallest absolute Gasteiger partial charge is 0.431 e. The summed E-state index contributed by atoms with van der Waals surface area (Å²) < 4.78 is 59.1. The highest BCUT2D eigenvalue weighted by atomic mass is 32.2. The lowest BCUT2D eigenvalue weighted by molar-refractivity contribution is -0.0143. The van der Waals surface area contributed by atoms with E-state index in [1.807, 2.05) is 5.48 Å². The zero-order valence-electron chi connectivity index (χ0n) is 14.3. The Balaban J connectivity index is 2.68.